The van der Waals surface area contributed by atoms with E-state index >= 15 is 0 Å². The van der Waals surface area contributed by atoms with Crippen molar-refractivity contribution in [1.82, 2.24) is 4.57 Å². The Labute approximate surface area is 364 Å². The van der Waals surface area contributed by atoms with Gasteiger partial charge in [0.25, 0.3) is 0 Å². The van der Waals surface area contributed by atoms with Crippen molar-refractivity contribution in [2.45, 2.75) is 38.5 Å². The highest BCUT2D eigenvalue weighted by Crippen LogP contribution is 2.58. The molecule has 0 unspecified atom stereocenters. The van der Waals surface area contributed by atoms with Gasteiger partial charge in [-0.2, -0.15) is 0 Å². The van der Waals surface area contributed by atoms with Gasteiger partial charge in [-0.05, 0) is 133 Å². The second-order valence-electron chi connectivity index (χ2n) is 18.2. The van der Waals surface area contributed by atoms with Gasteiger partial charge < -0.3 is 9.47 Å². The van der Waals surface area contributed by atoms with Crippen molar-refractivity contribution in [3.8, 4) is 50.2 Å². The zero-order valence-corrected chi connectivity index (χ0v) is 35.5. The van der Waals surface area contributed by atoms with Crippen LogP contribution in [0.4, 0.5) is 17.1 Å². The van der Waals surface area contributed by atoms with Crippen LogP contribution >= 0.6 is 0 Å². The van der Waals surface area contributed by atoms with Gasteiger partial charge in [0.05, 0.1) is 22.4 Å². The molecule has 0 saturated carbocycles. The highest BCUT2D eigenvalue weighted by Gasteiger charge is 2.42. The molecule has 1 aromatic heterocycles. The van der Waals surface area contributed by atoms with Crippen LogP contribution in [-0.4, -0.2) is 4.57 Å². The van der Waals surface area contributed by atoms with E-state index in [9.17, 15) is 0 Å². The maximum Gasteiger partial charge on any atom is 0.0541 e. The van der Waals surface area contributed by atoms with E-state index in [0.29, 0.717) is 0 Å². The van der Waals surface area contributed by atoms with E-state index < -0.39 is 0 Å². The Balaban J connectivity index is 1.01. The predicted octanol–water partition coefficient (Wildman–Crippen LogP) is 16.2. The number of hydrogen-bond donors (Lipinski definition) is 0. The quantitative estimate of drug-likeness (QED) is 0.168. The van der Waals surface area contributed by atoms with Crippen LogP contribution in [-0.2, 0) is 10.8 Å². The average molecular weight is 795 g/mol. The second kappa shape index (κ2) is 13.5. The van der Waals surface area contributed by atoms with Gasteiger partial charge in [-0.3, -0.25) is 0 Å². The monoisotopic (exact) mass is 794 g/mol. The van der Waals surface area contributed by atoms with Gasteiger partial charge in [-0.25, -0.2) is 0 Å². The van der Waals surface area contributed by atoms with E-state index in [-0.39, 0.29) is 10.8 Å². The number of anilines is 3. The Kier molecular flexibility index (Phi) is 7.96. The van der Waals surface area contributed by atoms with Gasteiger partial charge in [-0.15, -0.1) is 0 Å². The van der Waals surface area contributed by atoms with Crippen molar-refractivity contribution in [2.24, 2.45) is 0 Å². The summed E-state index contributed by atoms with van der Waals surface area (Å²) in [6.45, 7) is 9.60. The third-order valence-corrected chi connectivity index (χ3v) is 14.0. The topological polar surface area (TPSA) is 8.17 Å². The molecule has 10 aromatic rings. The molecule has 0 atom stereocenters. The fraction of sp³-hybridized carbons (Fsp3) is 0.100. The van der Waals surface area contributed by atoms with Crippen LogP contribution in [0.2, 0.25) is 0 Å². The highest BCUT2D eigenvalue weighted by atomic mass is 15.2. The fourth-order valence-corrected chi connectivity index (χ4v) is 10.7. The van der Waals surface area contributed by atoms with Crippen molar-refractivity contribution in [3.05, 3.63) is 229 Å². The maximum absolute atomic E-state index is 2.52. The van der Waals surface area contributed by atoms with Crippen molar-refractivity contribution < 1.29 is 0 Å². The van der Waals surface area contributed by atoms with Crippen molar-refractivity contribution in [3.63, 3.8) is 0 Å². The molecule has 0 amide bonds. The van der Waals surface area contributed by atoms with Crippen molar-refractivity contribution in [1.29, 1.82) is 0 Å². The maximum atomic E-state index is 2.52. The third kappa shape index (κ3) is 5.43. The van der Waals surface area contributed by atoms with Crippen LogP contribution in [0.3, 0.4) is 0 Å². The molecule has 1 aliphatic carbocycles. The van der Waals surface area contributed by atoms with Crippen molar-refractivity contribution >= 4 is 38.9 Å². The molecule has 2 nitrogen and oxygen atoms in total. The molecule has 9 aromatic carbocycles. The first-order valence-corrected chi connectivity index (χ1v) is 21.8. The normalized spacial score (nSPS) is 14.4. The number of fused-ring (bicyclic) bond motifs is 8. The van der Waals surface area contributed by atoms with Gasteiger partial charge >= 0.3 is 0 Å². The standard InChI is InChI=1S/C60H46N2/c1-59(2)51-21-13-11-19-47(51)49-37-54-58(38-52(49)59)62(46-31-25-42(26-32-46)40-17-9-6-10-18-40)57-34-28-44(36-53(57)60(54,3)4)43-27-33-56-50(35-43)48-20-12-14-22-55(48)61(56)45-29-23-41(24-30-45)39-15-7-5-8-16-39/h5-38H,1-4H3. The SMILES string of the molecule is CC1(C)c2ccccc2-c2cc3c(cc21)N(c1ccc(-c2ccccc2)cc1)c1ccc(-c2ccc4c(c2)c2ccccc2n4-c2ccc(-c4ccccc4)cc2)cc1C3(C)C. The summed E-state index contributed by atoms with van der Waals surface area (Å²) in [5, 5.41) is 2.51. The summed E-state index contributed by atoms with van der Waals surface area (Å²) < 4.78 is 2.41. The number of nitrogens with zero attached hydrogens (tertiary/aromatic N) is 2. The Bertz CT molecular complexity index is 3370. The van der Waals surface area contributed by atoms with Crippen LogP contribution in [0, 0.1) is 0 Å². The third-order valence-electron chi connectivity index (χ3n) is 14.0. The molecule has 0 saturated heterocycles. The van der Waals surface area contributed by atoms with Crippen LogP contribution in [0.5, 0.6) is 0 Å². The number of aromatic nitrogens is 1. The number of benzene rings is 9. The predicted molar refractivity (Wildman–Crippen MR) is 261 cm³/mol. The zero-order valence-electron chi connectivity index (χ0n) is 35.5. The first kappa shape index (κ1) is 36.4. The lowest BCUT2D eigenvalue weighted by Gasteiger charge is -2.43. The minimum atomic E-state index is -0.274. The Morgan fingerprint density at radius 1 is 0.306 bits per heavy atom. The minimum absolute atomic E-state index is 0.106. The zero-order chi connectivity index (χ0) is 41.7. The Morgan fingerprint density at radius 3 is 1.53 bits per heavy atom. The van der Waals surface area contributed by atoms with Crippen LogP contribution in [0.15, 0.2) is 206 Å². The van der Waals surface area contributed by atoms with E-state index in [2.05, 4.69) is 243 Å². The van der Waals surface area contributed by atoms with E-state index in [1.807, 2.05) is 0 Å². The molecule has 2 heteroatoms. The first-order valence-electron chi connectivity index (χ1n) is 21.8. The second-order valence-corrected chi connectivity index (χ2v) is 18.2. The number of para-hydroxylation sites is 1. The summed E-state index contributed by atoms with van der Waals surface area (Å²) in [5.74, 6) is 0. The van der Waals surface area contributed by atoms with Gasteiger partial charge in [0, 0.05) is 33.0 Å². The van der Waals surface area contributed by atoms with E-state index in [1.54, 1.807) is 0 Å². The molecule has 296 valence electrons. The van der Waals surface area contributed by atoms with Gasteiger partial charge in [-0.1, -0.05) is 167 Å². The largest absolute Gasteiger partial charge is 0.310 e. The molecule has 0 bridgehead atoms. The lowest BCUT2D eigenvalue weighted by atomic mass is 9.71. The molecule has 62 heavy (non-hydrogen) atoms. The number of hydrogen-bond acceptors (Lipinski definition) is 1. The van der Waals surface area contributed by atoms with Crippen LogP contribution in [0.1, 0.15) is 49.9 Å². The van der Waals surface area contributed by atoms with E-state index in [1.165, 1.54) is 99.9 Å². The Morgan fingerprint density at radius 2 is 0.823 bits per heavy atom. The summed E-state index contributed by atoms with van der Waals surface area (Å²) in [4.78, 5) is 2.52. The number of rotatable bonds is 5. The summed E-state index contributed by atoms with van der Waals surface area (Å²) >= 11 is 0. The lowest BCUT2D eigenvalue weighted by molar-refractivity contribution is 0.627. The van der Waals surface area contributed by atoms with Gasteiger partial charge in [0.1, 0.15) is 0 Å². The minimum Gasteiger partial charge on any atom is -0.310 e. The summed E-state index contributed by atoms with van der Waals surface area (Å²) in [7, 11) is 0. The fourth-order valence-electron chi connectivity index (χ4n) is 10.7. The molecule has 2 heterocycles. The lowest BCUT2D eigenvalue weighted by Crippen LogP contribution is -2.31. The molecule has 1 aliphatic heterocycles. The summed E-state index contributed by atoms with van der Waals surface area (Å²) in [6, 6.07) is 76.5. The van der Waals surface area contributed by atoms with Gasteiger partial charge in [0.15, 0.2) is 0 Å². The molecule has 0 spiro atoms. The summed E-state index contributed by atoms with van der Waals surface area (Å²) in [6.07, 6.45) is 0. The highest BCUT2D eigenvalue weighted by molar-refractivity contribution is 6.10. The average Bonchev–Trinajstić information content (AvgIpc) is 3.77. The summed E-state index contributed by atoms with van der Waals surface area (Å²) in [5.41, 5.74) is 22.3. The van der Waals surface area contributed by atoms with Crippen LogP contribution in [0.25, 0.3) is 72.0 Å². The molecule has 2 aliphatic rings. The van der Waals surface area contributed by atoms with Crippen LogP contribution < -0.4 is 4.90 Å². The van der Waals surface area contributed by atoms with Gasteiger partial charge in [0.2, 0.25) is 0 Å². The first-order chi connectivity index (χ1) is 30.3. The smallest absolute Gasteiger partial charge is 0.0541 e. The molecular weight excluding hydrogens is 749 g/mol. The van der Waals surface area contributed by atoms with E-state index in [4.69, 9.17) is 0 Å². The molecular formula is C60H46N2. The molecule has 12 rings (SSSR count). The molecule has 0 radical (unpaired) electrons. The Hall–Kier alpha value is -7.42. The van der Waals surface area contributed by atoms with Crippen molar-refractivity contribution in [2.75, 3.05) is 4.90 Å². The molecule has 0 fully saturated rings. The van der Waals surface area contributed by atoms with E-state index in [0.717, 1.165) is 11.4 Å². The molecule has 0 N–H and O–H groups in total.